The molecule has 0 radical (unpaired) electrons. The summed E-state index contributed by atoms with van der Waals surface area (Å²) in [5, 5.41) is 8.86. The molecule has 0 aromatic rings. The summed E-state index contributed by atoms with van der Waals surface area (Å²) in [6.45, 7) is 8.25. The highest BCUT2D eigenvalue weighted by Gasteiger charge is 2.22. The summed E-state index contributed by atoms with van der Waals surface area (Å²) < 4.78 is 0. The lowest BCUT2D eigenvalue weighted by Crippen LogP contribution is -2.33. The molecule has 1 atom stereocenters. The fourth-order valence-corrected chi connectivity index (χ4v) is 2.14. The van der Waals surface area contributed by atoms with E-state index in [9.17, 15) is 0 Å². The summed E-state index contributed by atoms with van der Waals surface area (Å²) in [5.74, 6) is 0. The molecular formula is C12H26N2O. The van der Waals surface area contributed by atoms with E-state index in [4.69, 9.17) is 10.8 Å². The van der Waals surface area contributed by atoms with Crippen LogP contribution in [-0.4, -0.2) is 42.3 Å². The third-order valence-corrected chi connectivity index (χ3v) is 3.48. The van der Waals surface area contributed by atoms with E-state index in [1.807, 2.05) is 0 Å². The van der Waals surface area contributed by atoms with Crippen LogP contribution in [0.15, 0.2) is 0 Å². The Morgan fingerprint density at radius 3 is 2.73 bits per heavy atom. The minimum absolute atomic E-state index is 0.0405. The second-order valence-corrected chi connectivity index (χ2v) is 5.59. The Morgan fingerprint density at radius 2 is 2.07 bits per heavy atom. The van der Waals surface area contributed by atoms with Gasteiger partial charge in [0.1, 0.15) is 0 Å². The summed E-state index contributed by atoms with van der Waals surface area (Å²) >= 11 is 0. The van der Waals surface area contributed by atoms with Crippen LogP contribution >= 0.6 is 0 Å². The van der Waals surface area contributed by atoms with Crippen molar-refractivity contribution in [1.82, 2.24) is 4.90 Å². The molecule has 3 nitrogen and oxygen atoms in total. The van der Waals surface area contributed by atoms with Crippen LogP contribution in [0, 0.1) is 5.41 Å². The number of nitrogens with two attached hydrogens (primary N) is 1. The van der Waals surface area contributed by atoms with Crippen molar-refractivity contribution in [2.45, 2.75) is 45.6 Å². The molecule has 1 rings (SSSR count). The number of nitrogens with zero attached hydrogens (tertiary/aromatic N) is 1. The van der Waals surface area contributed by atoms with Crippen molar-refractivity contribution < 1.29 is 5.11 Å². The lowest BCUT2D eigenvalue weighted by atomic mass is 9.85. The highest BCUT2D eigenvalue weighted by atomic mass is 16.3. The van der Waals surface area contributed by atoms with Crippen LogP contribution in [0.25, 0.3) is 0 Å². The number of hydrogen-bond donors (Lipinski definition) is 2. The van der Waals surface area contributed by atoms with Crippen LogP contribution in [0.5, 0.6) is 0 Å². The van der Waals surface area contributed by atoms with Gasteiger partial charge in [0.25, 0.3) is 0 Å². The predicted molar refractivity (Wildman–Crippen MR) is 63.8 cm³/mol. The normalized spacial score (nSPS) is 24.8. The third kappa shape index (κ3) is 4.96. The zero-order chi connectivity index (χ0) is 11.3. The van der Waals surface area contributed by atoms with Gasteiger partial charge in [0.05, 0.1) is 6.61 Å². The zero-order valence-corrected chi connectivity index (χ0v) is 10.2. The minimum atomic E-state index is -0.0405. The van der Waals surface area contributed by atoms with Crippen LogP contribution in [0.2, 0.25) is 0 Å². The molecule has 1 fully saturated rings. The lowest BCUT2D eigenvalue weighted by molar-refractivity contribution is 0.222. The molecule has 0 bridgehead atoms. The number of aliphatic hydroxyl groups is 1. The van der Waals surface area contributed by atoms with Crippen molar-refractivity contribution in [3.8, 4) is 0 Å². The molecule has 15 heavy (non-hydrogen) atoms. The van der Waals surface area contributed by atoms with Gasteiger partial charge in [0.2, 0.25) is 0 Å². The van der Waals surface area contributed by atoms with Crippen molar-refractivity contribution in [1.29, 1.82) is 0 Å². The van der Waals surface area contributed by atoms with Crippen molar-refractivity contribution >= 4 is 0 Å². The predicted octanol–water partition coefficient (Wildman–Crippen LogP) is 1.21. The molecule has 0 saturated carbocycles. The number of likely N-dealkylation sites (tertiary alicyclic amines) is 1. The van der Waals surface area contributed by atoms with E-state index >= 15 is 0 Å². The summed E-state index contributed by atoms with van der Waals surface area (Å²) in [5.41, 5.74) is 6.21. The second-order valence-electron chi connectivity index (χ2n) is 5.59. The van der Waals surface area contributed by atoms with Gasteiger partial charge in [0.15, 0.2) is 0 Å². The standard InChI is InChI=1S/C12H26N2O/c1-12(2)5-3-7-14(9-6-12)8-4-11(13)10-15/h11,15H,3-10,13H2,1-2H3. The van der Waals surface area contributed by atoms with E-state index in [1.54, 1.807) is 0 Å². The molecule has 0 spiro atoms. The Hall–Kier alpha value is -0.120. The fourth-order valence-electron chi connectivity index (χ4n) is 2.14. The van der Waals surface area contributed by atoms with Crippen molar-refractivity contribution in [3.63, 3.8) is 0 Å². The molecule has 1 heterocycles. The number of rotatable bonds is 4. The van der Waals surface area contributed by atoms with Crippen molar-refractivity contribution in [3.05, 3.63) is 0 Å². The quantitative estimate of drug-likeness (QED) is 0.739. The topological polar surface area (TPSA) is 49.5 Å². The van der Waals surface area contributed by atoms with Crippen LogP contribution < -0.4 is 5.73 Å². The van der Waals surface area contributed by atoms with Crippen LogP contribution in [0.1, 0.15) is 39.5 Å². The molecule has 1 aliphatic rings. The van der Waals surface area contributed by atoms with Gasteiger partial charge in [-0.25, -0.2) is 0 Å². The summed E-state index contributed by atoms with van der Waals surface area (Å²) in [6.07, 6.45) is 4.81. The average molecular weight is 214 g/mol. The first kappa shape index (κ1) is 12.9. The van der Waals surface area contributed by atoms with E-state index in [2.05, 4.69) is 18.7 Å². The molecule has 0 aromatic carbocycles. The van der Waals surface area contributed by atoms with Gasteiger partial charge >= 0.3 is 0 Å². The van der Waals surface area contributed by atoms with E-state index in [0.29, 0.717) is 5.41 Å². The Bertz CT molecular complexity index is 182. The highest BCUT2D eigenvalue weighted by molar-refractivity contribution is 4.76. The molecule has 3 N–H and O–H groups in total. The summed E-state index contributed by atoms with van der Waals surface area (Å²) in [4.78, 5) is 2.49. The summed E-state index contributed by atoms with van der Waals surface area (Å²) in [7, 11) is 0. The van der Waals surface area contributed by atoms with Gasteiger partial charge in [-0.05, 0) is 50.7 Å². The third-order valence-electron chi connectivity index (χ3n) is 3.48. The monoisotopic (exact) mass is 214 g/mol. The van der Waals surface area contributed by atoms with Crippen LogP contribution in [-0.2, 0) is 0 Å². The van der Waals surface area contributed by atoms with E-state index in [-0.39, 0.29) is 12.6 Å². The molecule has 0 aromatic heterocycles. The summed E-state index contributed by atoms with van der Waals surface area (Å²) in [6, 6.07) is -0.0405. The van der Waals surface area contributed by atoms with E-state index < -0.39 is 0 Å². The maximum atomic E-state index is 8.86. The first-order valence-electron chi connectivity index (χ1n) is 6.12. The first-order valence-corrected chi connectivity index (χ1v) is 6.12. The van der Waals surface area contributed by atoms with Gasteiger partial charge < -0.3 is 15.7 Å². The number of aliphatic hydroxyl groups excluding tert-OH is 1. The Balaban J connectivity index is 2.26. The number of hydrogen-bond acceptors (Lipinski definition) is 3. The molecule has 0 aliphatic carbocycles. The van der Waals surface area contributed by atoms with Gasteiger partial charge in [-0.15, -0.1) is 0 Å². The van der Waals surface area contributed by atoms with Gasteiger partial charge in [-0.2, -0.15) is 0 Å². The fraction of sp³-hybridized carbons (Fsp3) is 1.00. The zero-order valence-electron chi connectivity index (χ0n) is 10.2. The SMILES string of the molecule is CC1(C)CCCN(CCC(N)CO)CC1. The Morgan fingerprint density at radius 1 is 1.33 bits per heavy atom. The highest BCUT2D eigenvalue weighted by Crippen LogP contribution is 2.29. The molecule has 1 unspecified atom stereocenters. The van der Waals surface area contributed by atoms with E-state index in [1.165, 1.54) is 32.4 Å². The Kier molecular flexibility index (Phi) is 5.03. The Labute approximate surface area is 93.6 Å². The average Bonchev–Trinajstić information content (AvgIpc) is 2.36. The van der Waals surface area contributed by atoms with E-state index in [0.717, 1.165) is 13.0 Å². The van der Waals surface area contributed by atoms with Gasteiger partial charge in [0, 0.05) is 6.04 Å². The molecule has 90 valence electrons. The maximum absolute atomic E-state index is 8.86. The van der Waals surface area contributed by atoms with Crippen molar-refractivity contribution in [2.75, 3.05) is 26.2 Å². The van der Waals surface area contributed by atoms with Crippen LogP contribution in [0.3, 0.4) is 0 Å². The molecule has 1 aliphatic heterocycles. The first-order chi connectivity index (χ1) is 7.03. The lowest BCUT2D eigenvalue weighted by Gasteiger charge is -2.23. The largest absolute Gasteiger partial charge is 0.395 e. The van der Waals surface area contributed by atoms with Gasteiger partial charge in [-0.1, -0.05) is 13.8 Å². The minimum Gasteiger partial charge on any atom is -0.395 e. The molecular weight excluding hydrogens is 188 g/mol. The van der Waals surface area contributed by atoms with Crippen molar-refractivity contribution in [2.24, 2.45) is 11.1 Å². The molecule has 0 amide bonds. The molecule has 3 heteroatoms. The second kappa shape index (κ2) is 5.83. The van der Waals surface area contributed by atoms with Crippen LogP contribution in [0.4, 0.5) is 0 Å². The van der Waals surface area contributed by atoms with Gasteiger partial charge in [-0.3, -0.25) is 0 Å². The molecule has 1 saturated heterocycles. The smallest absolute Gasteiger partial charge is 0.0583 e. The maximum Gasteiger partial charge on any atom is 0.0583 e.